The van der Waals surface area contributed by atoms with Crippen LogP contribution in [0.2, 0.25) is 0 Å². The van der Waals surface area contributed by atoms with Crippen molar-refractivity contribution in [2.24, 2.45) is 0 Å². The van der Waals surface area contributed by atoms with Gasteiger partial charge in [0.1, 0.15) is 0 Å². The van der Waals surface area contributed by atoms with Crippen molar-refractivity contribution >= 4 is 15.7 Å². The predicted molar refractivity (Wildman–Crippen MR) is 78.5 cm³/mol. The average Bonchev–Trinajstić information content (AvgIpc) is 2.93. The van der Waals surface area contributed by atoms with Crippen molar-refractivity contribution in [3.05, 3.63) is 71.3 Å². The number of hydrogen-bond acceptors (Lipinski definition) is 3. The van der Waals surface area contributed by atoms with Gasteiger partial charge in [0.25, 0.3) is 5.91 Å². The van der Waals surface area contributed by atoms with Crippen molar-refractivity contribution in [1.82, 2.24) is 4.90 Å². The fraction of sp³-hybridized carbons (Fsp3) is 0.188. The third-order valence-electron chi connectivity index (χ3n) is 4.35. The van der Waals surface area contributed by atoms with E-state index in [0.29, 0.717) is 16.7 Å². The largest absolute Gasteiger partial charge is 0.311 e. The Labute approximate surface area is 122 Å². The van der Waals surface area contributed by atoms with E-state index in [1.807, 2.05) is 18.2 Å². The second-order valence-electron chi connectivity index (χ2n) is 5.33. The normalized spacial score (nSPS) is 25.7. The number of rotatable bonds is 1. The van der Waals surface area contributed by atoms with Gasteiger partial charge in [-0.15, -0.1) is 0 Å². The molecule has 1 fully saturated rings. The summed E-state index contributed by atoms with van der Waals surface area (Å²) in [4.78, 5) is 12.8. The Morgan fingerprint density at radius 3 is 2.38 bits per heavy atom. The molecule has 0 spiro atoms. The van der Waals surface area contributed by atoms with Gasteiger partial charge in [-0.3, -0.25) is 4.79 Å². The van der Waals surface area contributed by atoms with E-state index in [4.69, 9.17) is 0 Å². The van der Waals surface area contributed by atoms with Crippen LogP contribution < -0.4 is 0 Å². The highest BCUT2D eigenvalue weighted by atomic mass is 32.2. The molecule has 0 aromatic heterocycles. The van der Waals surface area contributed by atoms with Crippen molar-refractivity contribution < 1.29 is 13.2 Å². The molecule has 4 rings (SSSR count). The van der Waals surface area contributed by atoms with Crippen molar-refractivity contribution in [3.8, 4) is 0 Å². The molecule has 2 aromatic carbocycles. The molecule has 0 bridgehead atoms. The maximum atomic E-state index is 12.9. The second-order valence-corrected chi connectivity index (χ2v) is 7.56. The van der Waals surface area contributed by atoms with E-state index in [1.54, 1.807) is 36.4 Å². The smallest absolute Gasteiger partial charge is 0.256 e. The van der Waals surface area contributed by atoms with Crippen LogP contribution in [0.5, 0.6) is 0 Å². The van der Waals surface area contributed by atoms with Crippen LogP contribution in [-0.4, -0.2) is 31.5 Å². The number of benzene rings is 2. The molecule has 1 unspecified atom stereocenters. The van der Waals surface area contributed by atoms with E-state index in [1.165, 1.54) is 4.90 Å². The summed E-state index contributed by atoms with van der Waals surface area (Å²) in [5.41, 5.74) is 1.71. The molecule has 2 aliphatic rings. The van der Waals surface area contributed by atoms with E-state index in [0.717, 1.165) is 0 Å². The molecule has 4 nitrogen and oxygen atoms in total. The van der Waals surface area contributed by atoms with Crippen LogP contribution in [0.1, 0.15) is 21.5 Å². The zero-order valence-corrected chi connectivity index (χ0v) is 12.0. The minimum atomic E-state index is -3.48. The van der Waals surface area contributed by atoms with Crippen LogP contribution in [0.15, 0.2) is 54.6 Å². The Bertz CT molecular complexity index is 845. The monoisotopic (exact) mass is 299 g/mol. The third kappa shape index (κ3) is 1.34. The average molecular weight is 299 g/mol. The minimum absolute atomic E-state index is 0.00195. The summed E-state index contributed by atoms with van der Waals surface area (Å²) in [5, 5.41) is 0. The molecule has 0 N–H and O–H groups in total. The Kier molecular flexibility index (Phi) is 2.37. The molecule has 2 aromatic rings. The second kappa shape index (κ2) is 3.95. The summed E-state index contributed by atoms with van der Waals surface area (Å²) >= 11 is 0. The number of carbonyl (C=O) groups excluding carboxylic acids is 1. The van der Waals surface area contributed by atoms with Gasteiger partial charge in [0, 0.05) is 17.7 Å². The van der Waals surface area contributed by atoms with Gasteiger partial charge in [-0.1, -0.05) is 48.5 Å². The highest BCUT2D eigenvalue weighted by Crippen LogP contribution is 2.51. The lowest BCUT2D eigenvalue weighted by atomic mass is 9.97. The molecule has 2 heterocycles. The highest BCUT2D eigenvalue weighted by Gasteiger charge is 2.62. The number of hydrogen-bond donors (Lipinski definition) is 0. The Morgan fingerprint density at radius 1 is 0.952 bits per heavy atom. The molecule has 5 heteroatoms. The quantitative estimate of drug-likeness (QED) is 0.806. The van der Waals surface area contributed by atoms with Crippen molar-refractivity contribution in [1.29, 1.82) is 0 Å². The highest BCUT2D eigenvalue weighted by molar-refractivity contribution is 7.92. The van der Waals surface area contributed by atoms with Gasteiger partial charge in [0.05, 0.1) is 5.75 Å². The maximum Gasteiger partial charge on any atom is 0.256 e. The fourth-order valence-electron chi connectivity index (χ4n) is 3.51. The van der Waals surface area contributed by atoms with Gasteiger partial charge in [0.15, 0.2) is 14.7 Å². The zero-order valence-electron chi connectivity index (χ0n) is 11.2. The first-order chi connectivity index (χ1) is 10.1. The number of nitrogens with zero attached hydrogens (tertiary/aromatic N) is 1. The third-order valence-corrected chi connectivity index (χ3v) is 6.64. The van der Waals surface area contributed by atoms with E-state index in [9.17, 15) is 13.2 Å². The first-order valence-electron chi connectivity index (χ1n) is 6.78. The summed E-state index contributed by atoms with van der Waals surface area (Å²) in [6.07, 6.45) is 0. The Hall–Kier alpha value is -2.14. The number of carbonyl (C=O) groups is 1. The van der Waals surface area contributed by atoms with Gasteiger partial charge in [-0.25, -0.2) is 8.42 Å². The van der Waals surface area contributed by atoms with Gasteiger partial charge < -0.3 is 4.90 Å². The van der Waals surface area contributed by atoms with Gasteiger partial charge in [-0.2, -0.15) is 0 Å². The Balaban J connectivity index is 2.15. The lowest BCUT2D eigenvalue weighted by molar-refractivity contribution is 0.0748. The molecule has 0 saturated carbocycles. The summed E-state index contributed by atoms with van der Waals surface area (Å²) < 4.78 is 25.8. The fourth-order valence-corrected chi connectivity index (χ4v) is 5.74. The first-order valence-corrected chi connectivity index (χ1v) is 8.43. The van der Waals surface area contributed by atoms with Crippen molar-refractivity contribution in [2.75, 3.05) is 12.3 Å². The molecule has 106 valence electrons. The molecular weight excluding hydrogens is 286 g/mol. The lowest BCUT2D eigenvalue weighted by Gasteiger charge is -2.31. The number of fused-ring (bicyclic) bond motifs is 3. The van der Waals surface area contributed by atoms with Gasteiger partial charge in [0.2, 0.25) is 0 Å². The molecule has 1 atom stereocenters. The van der Waals surface area contributed by atoms with Crippen LogP contribution in [0, 0.1) is 0 Å². The molecule has 2 aliphatic heterocycles. The predicted octanol–water partition coefficient (Wildman–Crippen LogP) is 1.77. The molecule has 21 heavy (non-hydrogen) atoms. The van der Waals surface area contributed by atoms with E-state index in [2.05, 4.69) is 0 Å². The topological polar surface area (TPSA) is 54.5 Å². The van der Waals surface area contributed by atoms with Gasteiger partial charge in [-0.05, 0) is 11.6 Å². The van der Waals surface area contributed by atoms with Crippen LogP contribution in [-0.2, 0) is 14.7 Å². The Morgan fingerprint density at radius 2 is 1.62 bits per heavy atom. The van der Waals surface area contributed by atoms with Crippen molar-refractivity contribution in [2.45, 2.75) is 4.87 Å². The number of sulfone groups is 1. The molecule has 0 aliphatic carbocycles. The van der Waals surface area contributed by atoms with E-state index >= 15 is 0 Å². The number of amides is 1. The van der Waals surface area contributed by atoms with E-state index < -0.39 is 14.7 Å². The van der Waals surface area contributed by atoms with Crippen LogP contribution in [0.3, 0.4) is 0 Å². The van der Waals surface area contributed by atoms with Gasteiger partial charge >= 0.3 is 0 Å². The summed E-state index contributed by atoms with van der Waals surface area (Å²) in [6, 6.07) is 16.0. The van der Waals surface area contributed by atoms with Crippen molar-refractivity contribution in [3.63, 3.8) is 0 Å². The van der Waals surface area contributed by atoms with Crippen LogP contribution in [0.4, 0.5) is 0 Å². The lowest BCUT2D eigenvalue weighted by Crippen LogP contribution is -2.43. The zero-order chi connectivity index (χ0) is 14.7. The summed E-state index contributed by atoms with van der Waals surface area (Å²) in [7, 11) is -3.48. The summed E-state index contributed by atoms with van der Waals surface area (Å²) in [5.74, 6) is -0.197. The molecule has 1 saturated heterocycles. The van der Waals surface area contributed by atoms with Crippen LogP contribution in [0.25, 0.3) is 0 Å². The standard InChI is InChI=1S/C16H13NO3S/c18-15-13-8-4-5-9-14(13)16(12-6-2-1-3-7-12)17(15)10-11-21(16,19)20/h1-9H,10-11H2. The molecule has 0 radical (unpaired) electrons. The minimum Gasteiger partial charge on any atom is -0.311 e. The SMILES string of the molecule is O=C1c2ccccc2C2(c3ccccc3)N1CCS2(=O)=O. The maximum absolute atomic E-state index is 12.9. The summed E-state index contributed by atoms with van der Waals surface area (Å²) in [6.45, 7) is 0.241. The van der Waals surface area contributed by atoms with E-state index in [-0.39, 0.29) is 18.2 Å². The first kappa shape index (κ1) is 12.6. The van der Waals surface area contributed by atoms with Crippen LogP contribution >= 0.6 is 0 Å². The molecule has 1 amide bonds. The molecular formula is C16H13NO3S.